The molecule has 2 aliphatic rings. The van der Waals surface area contributed by atoms with E-state index >= 15 is 0 Å². The van der Waals surface area contributed by atoms with Crippen LogP contribution in [0.3, 0.4) is 0 Å². The zero-order valence-corrected chi connectivity index (χ0v) is 15.7. The summed E-state index contributed by atoms with van der Waals surface area (Å²) >= 11 is 0. The summed E-state index contributed by atoms with van der Waals surface area (Å²) in [5, 5.41) is 3.41. The van der Waals surface area contributed by atoms with Gasteiger partial charge in [-0.3, -0.25) is 0 Å². The zero-order chi connectivity index (χ0) is 18.1. The maximum atomic E-state index is 5.60. The van der Waals surface area contributed by atoms with Gasteiger partial charge in [0.25, 0.3) is 0 Å². The van der Waals surface area contributed by atoms with Crippen molar-refractivity contribution in [3.8, 4) is 11.5 Å². The molecule has 1 N–H and O–H groups in total. The summed E-state index contributed by atoms with van der Waals surface area (Å²) in [6.07, 6.45) is 2.08. The maximum absolute atomic E-state index is 5.60. The molecule has 1 aromatic heterocycles. The standard InChI is InChI=1S/C20H26N4O2/c1-13-22-18-11-21-8-6-16(18)20(23-13)24-9-7-14(12-24)17-10-15(25-2)4-5-19(17)26-3/h4-5,10,14,21H,6-9,11-12H2,1-3H3/t14-/m1/s1. The average molecular weight is 354 g/mol. The van der Waals surface area contributed by atoms with E-state index in [2.05, 4.69) is 21.3 Å². The normalized spacial score (nSPS) is 19.3. The van der Waals surface area contributed by atoms with E-state index in [1.807, 2.05) is 19.1 Å². The minimum atomic E-state index is 0.410. The highest BCUT2D eigenvalue weighted by Gasteiger charge is 2.30. The van der Waals surface area contributed by atoms with E-state index in [0.717, 1.165) is 67.9 Å². The lowest BCUT2D eigenvalue weighted by Gasteiger charge is -2.26. The van der Waals surface area contributed by atoms with Gasteiger partial charge in [-0.2, -0.15) is 0 Å². The molecular weight excluding hydrogens is 328 g/mol. The lowest BCUT2D eigenvalue weighted by atomic mass is 9.97. The van der Waals surface area contributed by atoms with Crippen LogP contribution in [0.5, 0.6) is 11.5 Å². The fraction of sp³-hybridized carbons (Fsp3) is 0.500. The van der Waals surface area contributed by atoms with Crippen LogP contribution in [0.1, 0.15) is 35.0 Å². The topological polar surface area (TPSA) is 59.5 Å². The molecule has 1 saturated heterocycles. The number of aromatic nitrogens is 2. The Morgan fingerprint density at radius 1 is 1.19 bits per heavy atom. The molecule has 6 nitrogen and oxygen atoms in total. The number of hydrogen-bond donors (Lipinski definition) is 1. The first-order valence-corrected chi connectivity index (χ1v) is 9.23. The number of hydrogen-bond acceptors (Lipinski definition) is 6. The zero-order valence-electron chi connectivity index (χ0n) is 15.7. The monoisotopic (exact) mass is 354 g/mol. The van der Waals surface area contributed by atoms with E-state index in [1.165, 1.54) is 11.1 Å². The predicted octanol–water partition coefficient (Wildman–Crippen LogP) is 2.44. The fourth-order valence-electron chi connectivity index (χ4n) is 4.09. The van der Waals surface area contributed by atoms with Crippen molar-refractivity contribution >= 4 is 5.82 Å². The summed E-state index contributed by atoms with van der Waals surface area (Å²) in [6, 6.07) is 6.06. The summed E-state index contributed by atoms with van der Waals surface area (Å²) in [4.78, 5) is 11.9. The van der Waals surface area contributed by atoms with Crippen molar-refractivity contribution in [1.29, 1.82) is 0 Å². The smallest absolute Gasteiger partial charge is 0.135 e. The second-order valence-corrected chi connectivity index (χ2v) is 6.99. The molecule has 0 spiro atoms. The molecule has 0 amide bonds. The van der Waals surface area contributed by atoms with Crippen LogP contribution in [0, 0.1) is 6.92 Å². The van der Waals surface area contributed by atoms with E-state index in [1.54, 1.807) is 14.2 Å². The Bertz CT molecular complexity index is 809. The molecule has 1 atom stereocenters. The number of aryl methyl sites for hydroxylation is 1. The molecule has 1 fully saturated rings. The van der Waals surface area contributed by atoms with Crippen LogP contribution >= 0.6 is 0 Å². The summed E-state index contributed by atoms with van der Waals surface area (Å²) < 4.78 is 11.0. The number of ether oxygens (including phenoxy) is 2. The van der Waals surface area contributed by atoms with Crippen molar-refractivity contribution in [3.05, 3.63) is 40.8 Å². The van der Waals surface area contributed by atoms with E-state index in [0.29, 0.717) is 5.92 Å². The van der Waals surface area contributed by atoms with E-state index in [-0.39, 0.29) is 0 Å². The second kappa shape index (κ2) is 7.11. The van der Waals surface area contributed by atoms with Crippen molar-refractivity contribution in [2.45, 2.75) is 32.2 Å². The highest BCUT2D eigenvalue weighted by Crippen LogP contribution is 2.38. The molecule has 0 saturated carbocycles. The molecular formula is C20H26N4O2. The quantitative estimate of drug-likeness (QED) is 0.910. The van der Waals surface area contributed by atoms with Gasteiger partial charge in [-0.05, 0) is 44.5 Å². The third-order valence-corrected chi connectivity index (χ3v) is 5.39. The Morgan fingerprint density at radius 3 is 2.88 bits per heavy atom. The summed E-state index contributed by atoms with van der Waals surface area (Å²) in [5.41, 5.74) is 3.68. The van der Waals surface area contributed by atoms with Gasteiger partial charge in [-0.1, -0.05) is 0 Å². The number of rotatable bonds is 4. The average Bonchev–Trinajstić information content (AvgIpc) is 3.16. The highest BCUT2D eigenvalue weighted by atomic mass is 16.5. The van der Waals surface area contributed by atoms with Gasteiger partial charge in [0.1, 0.15) is 23.1 Å². The maximum Gasteiger partial charge on any atom is 0.135 e. The van der Waals surface area contributed by atoms with Crippen LogP contribution in [0.4, 0.5) is 5.82 Å². The third-order valence-electron chi connectivity index (χ3n) is 5.39. The summed E-state index contributed by atoms with van der Waals surface area (Å²) in [5.74, 6) is 4.19. The molecule has 0 radical (unpaired) electrons. The van der Waals surface area contributed by atoms with Crippen LogP contribution < -0.4 is 19.7 Å². The third kappa shape index (κ3) is 3.09. The van der Waals surface area contributed by atoms with Gasteiger partial charge in [0.15, 0.2) is 0 Å². The Morgan fingerprint density at radius 2 is 2.08 bits per heavy atom. The van der Waals surface area contributed by atoms with E-state index in [9.17, 15) is 0 Å². The summed E-state index contributed by atoms with van der Waals surface area (Å²) in [6.45, 7) is 5.76. The minimum Gasteiger partial charge on any atom is -0.497 e. The van der Waals surface area contributed by atoms with Crippen LogP contribution in [0.25, 0.3) is 0 Å². The molecule has 138 valence electrons. The SMILES string of the molecule is COc1ccc(OC)c([C@@H]2CCN(c3nc(C)nc4c3CCNC4)C2)c1. The molecule has 3 heterocycles. The molecule has 4 rings (SSSR count). The van der Waals surface area contributed by atoms with Crippen molar-refractivity contribution in [2.75, 3.05) is 38.8 Å². The van der Waals surface area contributed by atoms with Crippen LogP contribution in [-0.2, 0) is 13.0 Å². The molecule has 2 aromatic rings. The largest absolute Gasteiger partial charge is 0.497 e. The number of methoxy groups -OCH3 is 2. The van der Waals surface area contributed by atoms with Gasteiger partial charge in [0.2, 0.25) is 0 Å². The van der Waals surface area contributed by atoms with Gasteiger partial charge in [0.05, 0.1) is 19.9 Å². The van der Waals surface area contributed by atoms with E-state index in [4.69, 9.17) is 14.5 Å². The van der Waals surface area contributed by atoms with Crippen molar-refractivity contribution < 1.29 is 9.47 Å². The van der Waals surface area contributed by atoms with Crippen molar-refractivity contribution in [3.63, 3.8) is 0 Å². The van der Waals surface area contributed by atoms with Crippen LogP contribution in [0.2, 0.25) is 0 Å². The van der Waals surface area contributed by atoms with Crippen LogP contribution in [-0.4, -0.2) is 43.8 Å². The minimum absolute atomic E-state index is 0.410. The van der Waals surface area contributed by atoms with Gasteiger partial charge < -0.3 is 19.7 Å². The van der Waals surface area contributed by atoms with Crippen LogP contribution in [0.15, 0.2) is 18.2 Å². The first-order chi connectivity index (χ1) is 12.7. The predicted molar refractivity (Wildman–Crippen MR) is 101 cm³/mol. The number of fused-ring (bicyclic) bond motifs is 1. The summed E-state index contributed by atoms with van der Waals surface area (Å²) in [7, 11) is 3.44. The highest BCUT2D eigenvalue weighted by molar-refractivity contribution is 5.53. The first kappa shape index (κ1) is 17.1. The molecule has 0 unspecified atom stereocenters. The van der Waals surface area contributed by atoms with Gasteiger partial charge in [-0.15, -0.1) is 0 Å². The molecule has 6 heteroatoms. The van der Waals surface area contributed by atoms with E-state index < -0.39 is 0 Å². The van der Waals surface area contributed by atoms with Crippen molar-refractivity contribution in [1.82, 2.24) is 15.3 Å². The van der Waals surface area contributed by atoms with Gasteiger partial charge >= 0.3 is 0 Å². The Balaban J connectivity index is 1.63. The second-order valence-electron chi connectivity index (χ2n) is 6.99. The number of nitrogens with one attached hydrogen (secondary N) is 1. The molecule has 2 aliphatic heterocycles. The number of nitrogens with zero attached hydrogens (tertiary/aromatic N) is 3. The Hall–Kier alpha value is -2.34. The lowest BCUT2D eigenvalue weighted by Crippen LogP contribution is -2.30. The Labute approximate surface area is 154 Å². The number of anilines is 1. The van der Waals surface area contributed by atoms with Crippen molar-refractivity contribution in [2.24, 2.45) is 0 Å². The van der Waals surface area contributed by atoms with Gasteiger partial charge in [0, 0.05) is 36.7 Å². The molecule has 0 bridgehead atoms. The Kier molecular flexibility index (Phi) is 4.68. The first-order valence-electron chi connectivity index (χ1n) is 9.23. The lowest BCUT2D eigenvalue weighted by molar-refractivity contribution is 0.396. The molecule has 26 heavy (non-hydrogen) atoms. The molecule has 0 aliphatic carbocycles. The van der Waals surface area contributed by atoms with Gasteiger partial charge in [-0.25, -0.2) is 9.97 Å². The fourth-order valence-corrected chi connectivity index (χ4v) is 4.09. The molecule has 1 aromatic carbocycles. The number of benzene rings is 1.